The molecule has 0 N–H and O–H groups in total. The monoisotopic (exact) mass is 186 g/mol. The lowest BCUT2D eigenvalue weighted by Crippen LogP contribution is -2.24. The second-order valence-electron chi connectivity index (χ2n) is 4.42. The Morgan fingerprint density at radius 2 is 1.54 bits per heavy atom. The first kappa shape index (κ1) is 13.0. The Kier molecular flexibility index (Phi) is 7.35. The third kappa shape index (κ3) is 8.29. The van der Waals surface area contributed by atoms with Gasteiger partial charge < -0.3 is 4.74 Å². The van der Waals surface area contributed by atoms with E-state index in [2.05, 4.69) is 27.7 Å². The molecule has 13 heavy (non-hydrogen) atoms. The van der Waals surface area contributed by atoms with Crippen molar-refractivity contribution in [3.8, 4) is 0 Å². The second-order valence-corrected chi connectivity index (χ2v) is 4.42. The third-order valence-electron chi connectivity index (χ3n) is 2.37. The van der Waals surface area contributed by atoms with E-state index in [4.69, 9.17) is 4.74 Å². The Morgan fingerprint density at radius 3 is 2.08 bits per heavy atom. The van der Waals surface area contributed by atoms with Crippen LogP contribution in [0.1, 0.15) is 66.2 Å². The fourth-order valence-corrected chi connectivity index (χ4v) is 1.38. The van der Waals surface area contributed by atoms with E-state index in [1.54, 1.807) is 0 Å². The number of rotatable bonds is 8. The van der Waals surface area contributed by atoms with Crippen molar-refractivity contribution in [2.75, 3.05) is 6.61 Å². The molecule has 0 aliphatic rings. The summed E-state index contributed by atoms with van der Waals surface area (Å²) < 4.78 is 5.83. The van der Waals surface area contributed by atoms with Gasteiger partial charge in [0.15, 0.2) is 0 Å². The van der Waals surface area contributed by atoms with Gasteiger partial charge in [-0.2, -0.15) is 0 Å². The van der Waals surface area contributed by atoms with Crippen molar-refractivity contribution in [1.82, 2.24) is 0 Å². The van der Waals surface area contributed by atoms with E-state index < -0.39 is 0 Å². The molecule has 0 saturated carbocycles. The largest absolute Gasteiger partial charge is 0.376 e. The molecule has 0 amide bonds. The lowest BCUT2D eigenvalue weighted by molar-refractivity contribution is -0.0262. The number of unbranched alkanes of at least 4 members (excludes halogenated alkanes) is 3. The van der Waals surface area contributed by atoms with Crippen LogP contribution in [0, 0.1) is 0 Å². The van der Waals surface area contributed by atoms with Gasteiger partial charge in [-0.15, -0.1) is 0 Å². The van der Waals surface area contributed by atoms with Crippen LogP contribution >= 0.6 is 0 Å². The predicted octanol–water partition coefficient (Wildman–Crippen LogP) is 4.16. The van der Waals surface area contributed by atoms with E-state index in [9.17, 15) is 0 Å². The van der Waals surface area contributed by atoms with Crippen molar-refractivity contribution in [1.29, 1.82) is 0 Å². The molecule has 0 rings (SSSR count). The minimum absolute atomic E-state index is 0.101. The van der Waals surface area contributed by atoms with Crippen LogP contribution < -0.4 is 0 Å². The van der Waals surface area contributed by atoms with Crippen molar-refractivity contribution >= 4 is 0 Å². The Balaban J connectivity index is 3.39. The fourth-order valence-electron chi connectivity index (χ4n) is 1.38. The van der Waals surface area contributed by atoms with E-state index >= 15 is 0 Å². The molecule has 1 heteroatoms. The van der Waals surface area contributed by atoms with Gasteiger partial charge in [0, 0.05) is 6.61 Å². The molecular weight excluding hydrogens is 160 g/mol. The number of hydrogen-bond donors (Lipinski definition) is 0. The van der Waals surface area contributed by atoms with Crippen molar-refractivity contribution in [3.63, 3.8) is 0 Å². The van der Waals surface area contributed by atoms with Crippen LogP contribution in [0.5, 0.6) is 0 Å². The molecule has 80 valence electrons. The first-order valence-corrected chi connectivity index (χ1v) is 5.76. The first-order chi connectivity index (χ1) is 6.12. The summed E-state index contributed by atoms with van der Waals surface area (Å²) in [6.45, 7) is 9.79. The Hall–Kier alpha value is -0.0400. The van der Waals surface area contributed by atoms with Crippen LogP contribution in [-0.4, -0.2) is 12.2 Å². The van der Waals surface area contributed by atoms with Crippen LogP contribution in [0.2, 0.25) is 0 Å². The maximum Gasteiger partial charge on any atom is 0.0626 e. The summed E-state index contributed by atoms with van der Waals surface area (Å²) in [6, 6.07) is 0. The number of ether oxygens (including phenoxy) is 1. The molecule has 0 aliphatic heterocycles. The lowest BCUT2D eigenvalue weighted by Gasteiger charge is -2.25. The van der Waals surface area contributed by atoms with Gasteiger partial charge in [-0.3, -0.25) is 0 Å². The maximum atomic E-state index is 5.83. The lowest BCUT2D eigenvalue weighted by atomic mass is 10.0. The normalized spacial score (nSPS) is 12.0. The molecule has 0 aromatic carbocycles. The molecule has 0 bridgehead atoms. The van der Waals surface area contributed by atoms with Crippen molar-refractivity contribution in [2.24, 2.45) is 0 Å². The second kappa shape index (κ2) is 7.37. The van der Waals surface area contributed by atoms with Crippen LogP contribution in [0.4, 0.5) is 0 Å². The minimum Gasteiger partial charge on any atom is -0.376 e. The van der Waals surface area contributed by atoms with Crippen LogP contribution in [0.25, 0.3) is 0 Å². The third-order valence-corrected chi connectivity index (χ3v) is 2.37. The van der Waals surface area contributed by atoms with E-state index in [0.29, 0.717) is 0 Å². The Labute approximate surface area is 83.9 Å². The van der Waals surface area contributed by atoms with E-state index in [1.807, 2.05) is 0 Å². The predicted molar refractivity (Wildman–Crippen MR) is 59.1 cm³/mol. The van der Waals surface area contributed by atoms with Crippen molar-refractivity contribution < 1.29 is 4.74 Å². The Bertz CT molecular complexity index is 108. The SMILES string of the molecule is CCCCCOC(C)(C)CCCC. The van der Waals surface area contributed by atoms with Gasteiger partial charge in [-0.05, 0) is 26.7 Å². The van der Waals surface area contributed by atoms with Gasteiger partial charge in [0.2, 0.25) is 0 Å². The van der Waals surface area contributed by atoms with Gasteiger partial charge in [0.25, 0.3) is 0 Å². The summed E-state index contributed by atoms with van der Waals surface area (Å²) in [5.41, 5.74) is 0.101. The zero-order valence-corrected chi connectivity index (χ0v) is 9.86. The van der Waals surface area contributed by atoms with E-state index in [-0.39, 0.29) is 5.60 Å². The van der Waals surface area contributed by atoms with Gasteiger partial charge in [0.1, 0.15) is 0 Å². The molecule has 0 aromatic heterocycles. The smallest absolute Gasteiger partial charge is 0.0626 e. The van der Waals surface area contributed by atoms with Crippen molar-refractivity contribution in [3.05, 3.63) is 0 Å². The topological polar surface area (TPSA) is 9.23 Å². The van der Waals surface area contributed by atoms with Gasteiger partial charge in [-0.1, -0.05) is 39.5 Å². The average Bonchev–Trinajstić information content (AvgIpc) is 2.09. The summed E-state index contributed by atoms with van der Waals surface area (Å²) in [4.78, 5) is 0. The number of hydrogen-bond acceptors (Lipinski definition) is 1. The molecule has 1 nitrogen and oxygen atoms in total. The molecular formula is C12H26O. The van der Waals surface area contributed by atoms with Crippen molar-refractivity contribution in [2.45, 2.75) is 71.8 Å². The molecule has 0 unspecified atom stereocenters. The van der Waals surface area contributed by atoms with Gasteiger partial charge in [-0.25, -0.2) is 0 Å². The highest BCUT2D eigenvalue weighted by Gasteiger charge is 2.16. The standard InChI is InChI=1S/C12H26O/c1-5-7-9-11-13-12(3,4)10-8-6-2/h5-11H2,1-4H3. The van der Waals surface area contributed by atoms with Crippen LogP contribution in [0.3, 0.4) is 0 Å². The summed E-state index contributed by atoms with van der Waals surface area (Å²) in [5, 5.41) is 0. The van der Waals surface area contributed by atoms with Gasteiger partial charge >= 0.3 is 0 Å². The highest BCUT2D eigenvalue weighted by Crippen LogP contribution is 2.18. The van der Waals surface area contributed by atoms with Gasteiger partial charge in [0.05, 0.1) is 5.60 Å². The van der Waals surface area contributed by atoms with E-state index in [1.165, 1.54) is 38.5 Å². The molecule has 0 saturated heterocycles. The molecule has 0 spiro atoms. The Morgan fingerprint density at radius 1 is 0.923 bits per heavy atom. The quantitative estimate of drug-likeness (QED) is 0.517. The summed E-state index contributed by atoms with van der Waals surface area (Å²) in [6.07, 6.45) is 7.52. The fraction of sp³-hybridized carbons (Fsp3) is 1.00. The molecule has 0 aliphatic carbocycles. The summed E-state index contributed by atoms with van der Waals surface area (Å²) >= 11 is 0. The van der Waals surface area contributed by atoms with Crippen LogP contribution in [-0.2, 0) is 4.74 Å². The molecule has 0 fully saturated rings. The summed E-state index contributed by atoms with van der Waals surface area (Å²) in [5.74, 6) is 0. The molecule has 0 heterocycles. The average molecular weight is 186 g/mol. The van der Waals surface area contributed by atoms with E-state index in [0.717, 1.165) is 6.61 Å². The summed E-state index contributed by atoms with van der Waals surface area (Å²) in [7, 11) is 0. The first-order valence-electron chi connectivity index (χ1n) is 5.76. The molecule has 0 atom stereocenters. The van der Waals surface area contributed by atoms with Crippen LogP contribution in [0.15, 0.2) is 0 Å². The molecule has 0 radical (unpaired) electrons. The zero-order valence-electron chi connectivity index (χ0n) is 9.86. The zero-order chi connectivity index (χ0) is 10.2. The minimum atomic E-state index is 0.101. The molecule has 0 aromatic rings. The highest BCUT2D eigenvalue weighted by molar-refractivity contribution is 4.67. The maximum absolute atomic E-state index is 5.83. The highest BCUT2D eigenvalue weighted by atomic mass is 16.5.